The predicted molar refractivity (Wildman–Crippen MR) is 110 cm³/mol. The summed E-state index contributed by atoms with van der Waals surface area (Å²) >= 11 is 0. The monoisotopic (exact) mass is 397 g/mol. The van der Waals surface area contributed by atoms with Gasteiger partial charge in [-0.2, -0.15) is 0 Å². The Morgan fingerprint density at radius 3 is 2.38 bits per heavy atom. The fraction of sp³-hybridized carbons (Fsp3) is 0.435. The normalized spacial score (nSPS) is 23.9. The first-order chi connectivity index (χ1) is 14.0. The Balaban J connectivity index is 1.55. The average Bonchev–Trinajstić information content (AvgIpc) is 3.26. The molecule has 2 heterocycles. The van der Waals surface area contributed by atoms with Crippen LogP contribution in [0.3, 0.4) is 0 Å². The molecule has 0 N–H and O–H groups in total. The lowest BCUT2D eigenvalue weighted by molar-refractivity contribution is 0.151. The minimum Gasteiger partial charge on any atom is -0.497 e. The SMILES string of the molecule is COc1ccc([C@H]2[C@@H]3CN(Cc4ccc(F)cc4)C[C@@H]3CN2C(=O)N(C)C)cc1. The molecule has 3 atom stereocenters. The van der Waals surface area contributed by atoms with Gasteiger partial charge in [-0.1, -0.05) is 24.3 Å². The van der Waals surface area contributed by atoms with Gasteiger partial charge in [-0.25, -0.2) is 9.18 Å². The Morgan fingerprint density at radius 2 is 1.76 bits per heavy atom. The van der Waals surface area contributed by atoms with Crippen molar-refractivity contribution in [3.63, 3.8) is 0 Å². The molecule has 2 aromatic rings. The van der Waals surface area contributed by atoms with Crippen LogP contribution in [0.2, 0.25) is 0 Å². The first kappa shape index (κ1) is 19.7. The molecule has 2 fully saturated rings. The summed E-state index contributed by atoms with van der Waals surface area (Å²) in [4.78, 5) is 19.0. The van der Waals surface area contributed by atoms with E-state index in [9.17, 15) is 9.18 Å². The molecular formula is C23H28FN3O2. The molecule has 0 spiro atoms. The van der Waals surface area contributed by atoms with Crippen molar-refractivity contribution in [3.05, 3.63) is 65.5 Å². The molecule has 6 heteroatoms. The van der Waals surface area contributed by atoms with Crippen LogP contribution in [0.1, 0.15) is 17.2 Å². The van der Waals surface area contributed by atoms with Gasteiger partial charge < -0.3 is 14.5 Å². The van der Waals surface area contributed by atoms with Crippen molar-refractivity contribution in [2.24, 2.45) is 11.8 Å². The highest BCUT2D eigenvalue weighted by Gasteiger charge is 2.49. The highest BCUT2D eigenvalue weighted by Crippen LogP contribution is 2.45. The van der Waals surface area contributed by atoms with E-state index >= 15 is 0 Å². The van der Waals surface area contributed by atoms with Gasteiger partial charge in [0.25, 0.3) is 0 Å². The fourth-order valence-electron chi connectivity index (χ4n) is 4.80. The molecular weight excluding hydrogens is 369 g/mol. The van der Waals surface area contributed by atoms with Gasteiger partial charge in [-0.05, 0) is 41.3 Å². The molecule has 29 heavy (non-hydrogen) atoms. The lowest BCUT2D eigenvalue weighted by atomic mass is 9.89. The van der Waals surface area contributed by atoms with Gasteiger partial charge in [0.2, 0.25) is 0 Å². The number of nitrogens with zero attached hydrogens (tertiary/aromatic N) is 3. The molecule has 0 unspecified atom stereocenters. The van der Waals surface area contributed by atoms with Gasteiger partial charge in [0.05, 0.1) is 13.2 Å². The van der Waals surface area contributed by atoms with Gasteiger partial charge in [0.15, 0.2) is 0 Å². The van der Waals surface area contributed by atoms with Crippen molar-refractivity contribution in [2.75, 3.05) is 40.8 Å². The van der Waals surface area contributed by atoms with Crippen LogP contribution >= 0.6 is 0 Å². The lowest BCUT2D eigenvalue weighted by Gasteiger charge is -2.32. The summed E-state index contributed by atoms with van der Waals surface area (Å²) in [5, 5.41) is 0. The van der Waals surface area contributed by atoms with Crippen molar-refractivity contribution in [1.29, 1.82) is 0 Å². The number of ether oxygens (including phenoxy) is 1. The van der Waals surface area contributed by atoms with Gasteiger partial charge in [0, 0.05) is 46.2 Å². The summed E-state index contributed by atoms with van der Waals surface area (Å²) in [7, 11) is 5.28. The maximum atomic E-state index is 13.2. The highest BCUT2D eigenvalue weighted by molar-refractivity contribution is 5.75. The van der Waals surface area contributed by atoms with E-state index in [2.05, 4.69) is 17.0 Å². The Kier molecular flexibility index (Phi) is 5.46. The van der Waals surface area contributed by atoms with Crippen LogP contribution in [-0.4, -0.2) is 61.6 Å². The predicted octanol–water partition coefficient (Wildman–Crippen LogP) is 3.62. The number of rotatable bonds is 4. The number of halogens is 1. The van der Waals surface area contributed by atoms with Crippen LogP contribution in [0.5, 0.6) is 5.75 Å². The molecule has 2 aromatic carbocycles. The van der Waals surface area contributed by atoms with Gasteiger partial charge in [-0.15, -0.1) is 0 Å². The van der Waals surface area contributed by atoms with E-state index < -0.39 is 0 Å². The number of amides is 2. The standard InChI is InChI=1S/C23H28FN3O2/c1-25(2)23(28)27-14-18-13-26(12-16-4-8-19(24)9-5-16)15-21(18)22(27)17-6-10-20(29-3)11-7-17/h4-11,18,21-22H,12-15H2,1-3H3/t18-,21-,22+/m1/s1. The molecule has 4 rings (SSSR count). The number of methoxy groups -OCH3 is 1. The van der Waals surface area contributed by atoms with E-state index in [0.29, 0.717) is 11.8 Å². The second-order valence-corrected chi connectivity index (χ2v) is 8.29. The van der Waals surface area contributed by atoms with Crippen molar-refractivity contribution < 1.29 is 13.9 Å². The smallest absolute Gasteiger partial charge is 0.320 e. The molecule has 2 saturated heterocycles. The summed E-state index contributed by atoms with van der Waals surface area (Å²) in [6.07, 6.45) is 0. The third-order valence-corrected chi connectivity index (χ3v) is 6.14. The third kappa shape index (κ3) is 3.94. The van der Waals surface area contributed by atoms with Crippen LogP contribution < -0.4 is 4.74 Å². The van der Waals surface area contributed by atoms with Crippen LogP contribution in [0, 0.1) is 17.7 Å². The molecule has 0 bridgehead atoms. The van der Waals surface area contributed by atoms with E-state index in [1.807, 2.05) is 43.3 Å². The van der Waals surface area contributed by atoms with E-state index in [0.717, 1.165) is 43.1 Å². The number of carbonyl (C=O) groups excluding carboxylic acids is 1. The van der Waals surface area contributed by atoms with Crippen LogP contribution in [0.25, 0.3) is 0 Å². The molecule has 0 radical (unpaired) electrons. The average molecular weight is 397 g/mol. The Bertz CT molecular complexity index is 853. The topological polar surface area (TPSA) is 36.0 Å². The van der Waals surface area contributed by atoms with E-state index in [1.54, 1.807) is 12.0 Å². The summed E-state index contributed by atoms with van der Waals surface area (Å²) in [5.74, 6) is 1.43. The van der Waals surface area contributed by atoms with Crippen molar-refractivity contribution >= 4 is 6.03 Å². The zero-order chi connectivity index (χ0) is 20.5. The van der Waals surface area contributed by atoms with Gasteiger partial charge in [0.1, 0.15) is 11.6 Å². The first-order valence-electron chi connectivity index (χ1n) is 10.0. The molecule has 0 aliphatic carbocycles. The number of urea groups is 1. The summed E-state index contributed by atoms with van der Waals surface area (Å²) in [5.41, 5.74) is 2.27. The van der Waals surface area contributed by atoms with Crippen molar-refractivity contribution in [1.82, 2.24) is 14.7 Å². The minimum absolute atomic E-state index is 0.0547. The first-order valence-corrected chi connectivity index (χ1v) is 10.0. The van der Waals surface area contributed by atoms with Crippen molar-refractivity contribution in [3.8, 4) is 5.75 Å². The summed E-state index contributed by atoms with van der Waals surface area (Å²) in [6.45, 7) is 3.45. The van der Waals surface area contributed by atoms with E-state index in [4.69, 9.17) is 4.74 Å². The number of hydrogen-bond acceptors (Lipinski definition) is 3. The zero-order valence-corrected chi connectivity index (χ0v) is 17.2. The molecule has 0 saturated carbocycles. The number of carbonyl (C=O) groups is 1. The summed E-state index contributed by atoms with van der Waals surface area (Å²) in [6, 6.07) is 14.9. The van der Waals surface area contributed by atoms with E-state index in [1.165, 1.54) is 12.1 Å². The Labute approximate surface area is 171 Å². The lowest BCUT2D eigenvalue weighted by Crippen LogP contribution is -2.41. The molecule has 154 valence electrons. The van der Waals surface area contributed by atoms with Gasteiger partial charge in [-0.3, -0.25) is 4.90 Å². The highest BCUT2D eigenvalue weighted by atomic mass is 19.1. The van der Waals surface area contributed by atoms with E-state index in [-0.39, 0.29) is 17.9 Å². The fourth-order valence-corrected chi connectivity index (χ4v) is 4.80. The maximum Gasteiger partial charge on any atom is 0.320 e. The summed E-state index contributed by atoms with van der Waals surface area (Å²) < 4.78 is 18.5. The number of likely N-dealkylation sites (tertiary alicyclic amines) is 2. The van der Waals surface area contributed by atoms with Crippen LogP contribution in [0.4, 0.5) is 9.18 Å². The third-order valence-electron chi connectivity index (χ3n) is 6.14. The molecule has 2 aliphatic rings. The molecule has 2 amide bonds. The second kappa shape index (κ2) is 8.03. The largest absolute Gasteiger partial charge is 0.497 e. The number of fused-ring (bicyclic) bond motifs is 1. The molecule has 5 nitrogen and oxygen atoms in total. The second-order valence-electron chi connectivity index (χ2n) is 8.29. The van der Waals surface area contributed by atoms with Crippen LogP contribution in [-0.2, 0) is 6.54 Å². The van der Waals surface area contributed by atoms with Gasteiger partial charge >= 0.3 is 6.03 Å². The van der Waals surface area contributed by atoms with Crippen molar-refractivity contribution in [2.45, 2.75) is 12.6 Å². The Hall–Kier alpha value is -2.60. The molecule has 2 aliphatic heterocycles. The maximum absolute atomic E-state index is 13.2. The van der Waals surface area contributed by atoms with Crippen LogP contribution in [0.15, 0.2) is 48.5 Å². The minimum atomic E-state index is -0.204. The Morgan fingerprint density at radius 1 is 1.07 bits per heavy atom. The number of benzene rings is 2. The number of hydrogen-bond donors (Lipinski definition) is 0. The quantitative estimate of drug-likeness (QED) is 0.791. The zero-order valence-electron chi connectivity index (χ0n) is 17.2. The molecule has 0 aromatic heterocycles.